The maximum atomic E-state index is 11.2. The van der Waals surface area contributed by atoms with E-state index in [9.17, 15) is 4.79 Å². The third kappa shape index (κ3) is 1.65. The predicted molar refractivity (Wildman–Crippen MR) is 55.5 cm³/mol. The Morgan fingerprint density at radius 1 is 1.50 bits per heavy atom. The van der Waals surface area contributed by atoms with Crippen LogP contribution < -0.4 is 0 Å². The van der Waals surface area contributed by atoms with Crippen molar-refractivity contribution < 1.29 is 9.53 Å². The Balaban J connectivity index is 2.25. The molecule has 0 saturated heterocycles. The third-order valence-corrected chi connectivity index (χ3v) is 2.91. The van der Waals surface area contributed by atoms with Crippen LogP contribution in [0.4, 0.5) is 0 Å². The number of ether oxygens (including phenoxy) is 1. The summed E-state index contributed by atoms with van der Waals surface area (Å²) in [6, 6.07) is 7.92. The number of hydrogen-bond acceptors (Lipinski definition) is 4. The van der Waals surface area contributed by atoms with Crippen LogP contribution in [0.3, 0.4) is 0 Å². The highest BCUT2D eigenvalue weighted by Gasteiger charge is 2.18. The second-order valence-corrected chi connectivity index (χ2v) is 3.71. The fourth-order valence-corrected chi connectivity index (χ4v) is 2.03. The lowest BCUT2D eigenvalue weighted by Crippen LogP contribution is -2.19. The van der Waals surface area contributed by atoms with E-state index in [1.165, 1.54) is 19.1 Å². The van der Waals surface area contributed by atoms with E-state index < -0.39 is 0 Å². The van der Waals surface area contributed by atoms with Gasteiger partial charge >= 0.3 is 5.97 Å². The number of benzene rings is 1. The lowest BCUT2D eigenvalue weighted by molar-refractivity contribution is -0.132. The zero-order chi connectivity index (χ0) is 9.97. The molecule has 1 aliphatic heterocycles. The fourth-order valence-electron chi connectivity index (χ4n) is 1.28. The van der Waals surface area contributed by atoms with Crippen LogP contribution >= 0.6 is 11.9 Å². The molecule has 0 spiro atoms. The summed E-state index contributed by atoms with van der Waals surface area (Å²) >= 11 is 1.33. The zero-order valence-electron chi connectivity index (χ0n) is 7.69. The summed E-state index contributed by atoms with van der Waals surface area (Å²) in [5.74, 6) is -0.341. The second-order valence-electron chi connectivity index (χ2n) is 2.91. The van der Waals surface area contributed by atoms with Crippen molar-refractivity contribution in [1.29, 1.82) is 0 Å². The van der Waals surface area contributed by atoms with Crippen molar-refractivity contribution in [1.82, 2.24) is 0 Å². The minimum Gasteiger partial charge on any atom is -0.465 e. The third-order valence-electron chi connectivity index (χ3n) is 2.01. The Hall–Kier alpha value is -1.29. The average molecular weight is 207 g/mol. The molecule has 2 rings (SSSR count). The zero-order valence-corrected chi connectivity index (χ0v) is 8.50. The average Bonchev–Trinajstić information content (AvgIpc) is 2.27. The largest absolute Gasteiger partial charge is 0.465 e. The van der Waals surface area contributed by atoms with Crippen molar-refractivity contribution in [2.75, 3.05) is 7.11 Å². The summed E-state index contributed by atoms with van der Waals surface area (Å²) in [5, 5.41) is 0. The van der Waals surface area contributed by atoms with E-state index in [0.717, 1.165) is 10.5 Å². The van der Waals surface area contributed by atoms with Crippen LogP contribution in [0.5, 0.6) is 0 Å². The van der Waals surface area contributed by atoms with Crippen LogP contribution in [0.2, 0.25) is 0 Å². The first kappa shape index (κ1) is 9.27. The van der Waals surface area contributed by atoms with Gasteiger partial charge in [-0.25, -0.2) is 9.19 Å². The van der Waals surface area contributed by atoms with Gasteiger partial charge in [-0.05, 0) is 11.6 Å². The minimum atomic E-state index is -0.341. The van der Waals surface area contributed by atoms with Crippen LogP contribution in [-0.2, 0) is 16.0 Å². The quantitative estimate of drug-likeness (QED) is 0.521. The van der Waals surface area contributed by atoms with Gasteiger partial charge in [-0.3, -0.25) is 0 Å². The van der Waals surface area contributed by atoms with Gasteiger partial charge in [-0.15, -0.1) is 0 Å². The summed E-state index contributed by atoms with van der Waals surface area (Å²) in [5.41, 5.74) is 1.61. The SMILES string of the molecule is COC(=O)C1=NSc2ccccc2C1. The maximum Gasteiger partial charge on any atom is 0.353 e. The number of esters is 1. The molecule has 1 aliphatic rings. The molecular formula is C10H9NO2S. The summed E-state index contributed by atoms with van der Waals surface area (Å²) in [6.45, 7) is 0. The van der Waals surface area contributed by atoms with E-state index in [1.807, 2.05) is 24.3 Å². The lowest BCUT2D eigenvalue weighted by Gasteiger charge is -2.12. The molecule has 0 aliphatic carbocycles. The molecule has 1 heterocycles. The van der Waals surface area contributed by atoms with Gasteiger partial charge in [0.05, 0.1) is 7.11 Å². The van der Waals surface area contributed by atoms with Crippen molar-refractivity contribution in [3.05, 3.63) is 29.8 Å². The van der Waals surface area contributed by atoms with Gasteiger partial charge in [-0.2, -0.15) is 0 Å². The van der Waals surface area contributed by atoms with Gasteiger partial charge in [0.25, 0.3) is 0 Å². The van der Waals surface area contributed by atoms with Gasteiger partial charge in [0, 0.05) is 23.3 Å². The lowest BCUT2D eigenvalue weighted by atomic mass is 10.1. The Morgan fingerprint density at radius 3 is 3.07 bits per heavy atom. The van der Waals surface area contributed by atoms with Crippen LogP contribution in [-0.4, -0.2) is 18.8 Å². The monoisotopic (exact) mass is 207 g/mol. The summed E-state index contributed by atoms with van der Waals surface area (Å²) in [6.07, 6.45) is 0.565. The van der Waals surface area contributed by atoms with E-state index in [2.05, 4.69) is 9.13 Å². The van der Waals surface area contributed by atoms with Crippen molar-refractivity contribution >= 4 is 23.6 Å². The van der Waals surface area contributed by atoms with E-state index in [4.69, 9.17) is 0 Å². The second kappa shape index (κ2) is 3.84. The minimum absolute atomic E-state index is 0.341. The molecular weight excluding hydrogens is 198 g/mol. The number of fused-ring (bicyclic) bond motifs is 1. The number of rotatable bonds is 1. The molecule has 0 bridgehead atoms. The standard InChI is InChI=1S/C10H9NO2S/c1-13-10(12)8-6-7-4-2-3-5-9(7)14-11-8/h2-5H,6H2,1H3. The van der Waals surface area contributed by atoms with E-state index in [-0.39, 0.29) is 5.97 Å². The molecule has 0 saturated carbocycles. The van der Waals surface area contributed by atoms with Crippen molar-refractivity contribution in [3.63, 3.8) is 0 Å². The van der Waals surface area contributed by atoms with Crippen LogP contribution in [0.15, 0.2) is 33.6 Å². The molecule has 0 amide bonds. The molecule has 0 N–H and O–H groups in total. The number of carbonyl (C=O) groups excluding carboxylic acids is 1. The van der Waals surface area contributed by atoms with Crippen LogP contribution in [0.1, 0.15) is 5.56 Å². The number of hydrogen-bond donors (Lipinski definition) is 0. The van der Waals surface area contributed by atoms with Crippen LogP contribution in [0, 0.1) is 0 Å². The molecule has 72 valence electrons. The summed E-state index contributed by atoms with van der Waals surface area (Å²) < 4.78 is 8.72. The first-order chi connectivity index (χ1) is 6.81. The van der Waals surface area contributed by atoms with Gasteiger partial charge in [0.1, 0.15) is 5.71 Å². The Morgan fingerprint density at radius 2 is 2.29 bits per heavy atom. The van der Waals surface area contributed by atoms with Gasteiger partial charge in [0.2, 0.25) is 0 Å². The highest BCUT2D eigenvalue weighted by molar-refractivity contribution is 7.98. The van der Waals surface area contributed by atoms with E-state index >= 15 is 0 Å². The molecule has 14 heavy (non-hydrogen) atoms. The molecule has 0 atom stereocenters. The normalized spacial score (nSPS) is 14.2. The van der Waals surface area contributed by atoms with E-state index in [0.29, 0.717) is 12.1 Å². The van der Waals surface area contributed by atoms with E-state index in [1.54, 1.807) is 0 Å². The highest BCUT2D eigenvalue weighted by atomic mass is 32.2. The molecule has 0 unspecified atom stereocenters. The van der Waals surface area contributed by atoms with Crippen molar-refractivity contribution in [2.45, 2.75) is 11.3 Å². The fraction of sp³-hybridized carbons (Fsp3) is 0.200. The molecule has 0 fully saturated rings. The Kier molecular flexibility index (Phi) is 2.54. The molecule has 4 heteroatoms. The van der Waals surface area contributed by atoms with Crippen molar-refractivity contribution in [3.8, 4) is 0 Å². The van der Waals surface area contributed by atoms with Crippen LogP contribution in [0.25, 0.3) is 0 Å². The molecule has 3 nitrogen and oxygen atoms in total. The van der Waals surface area contributed by atoms with Gasteiger partial charge in [-0.1, -0.05) is 18.2 Å². The molecule has 0 aromatic heterocycles. The maximum absolute atomic E-state index is 11.2. The molecule has 0 radical (unpaired) electrons. The number of carbonyl (C=O) groups is 1. The first-order valence-corrected chi connectivity index (χ1v) is 4.98. The number of nitrogens with zero attached hydrogens (tertiary/aromatic N) is 1. The predicted octanol–water partition coefficient (Wildman–Crippen LogP) is 1.86. The summed E-state index contributed by atoms with van der Waals surface area (Å²) in [4.78, 5) is 12.3. The van der Waals surface area contributed by atoms with Gasteiger partial charge in [0.15, 0.2) is 0 Å². The number of methoxy groups -OCH3 is 1. The Bertz CT molecular complexity index is 401. The van der Waals surface area contributed by atoms with Crippen molar-refractivity contribution in [2.24, 2.45) is 4.40 Å². The first-order valence-electron chi connectivity index (χ1n) is 4.21. The highest BCUT2D eigenvalue weighted by Crippen LogP contribution is 2.28. The Labute approximate surface area is 86.3 Å². The molecule has 1 aromatic rings. The topological polar surface area (TPSA) is 38.7 Å². The van der Waals surface area contributed by atoms with Gasteiger partial charge < -0.3 is 4.74 Å². The smallest absolute Gasteiger partial charge is 0.353 e. The summed E-state index contributed by atoms with van der Waals surface area (Å²) in [7, 11) is 1.37. The molecule has 1 aromatic carbocycles.